The molecule has 0 fully saturated rings. The standard InChI is InChI=1S/C10H13NO4S/c1-16(12,13)9-5-7(6-11)4-8-10(9)15-3-2-14-8/h4-5H,2-3,6,11H2,1H3. The van der Waals surface area contributed by atoms with Crippen molar-refractivity contribution >= 4 is 9.84 Å². The Morgan fingerprint density at radius 2 is 2.00 bits per heavy atom. The van der Waals surface area contributed by atoms with E-state index in [4.69, 9.17) is 15.2 Å². The van der Waals surface area contributed by atoms with E-state index in [2.05, 4.69) is 0 Å². The van der Waals surface area contributed by atoms with Crippen molar-refractivity contribution in [2.24, 2.45) is 5.73 Å². The summed E-state index contributed by atoms with van der Waals surface area (Å²) in [4.78, 5) is 0.144. The monoisotopic (exact) mass is 243 g/mol. The van der Waals surface area contributed by atoms with E-state index in [1.807, 2.05) is 0 Å². The van der Waals surface area contributed by atoms with Gasteiger partial charge in [-0.1, -0.05) is 0 Å². The molecule has 0 saturated heterocycles. The van der Waals surface area contributed by atoms with Gasteiger partial charge < -0.3 is 15.2 Å². The summed E-state index contributed by atoms with van der Waals surface area (Å²) in [5.74, 6) is 0.751. The summed E-state index contributed by atoms with van der Waals surface area (Å²) in [6.07, 6.45) is 1.14. The van der Waals surface area contributed by atoms with Crippen LogP contribution in [0.2, 0.25) is 0 Å². The van der Waals surface area contributed by atoms with Crippen molar-refractivity contribution in [3.05, 3.63) is 17.7 Å². The molecule has 0 saturated carbocycles. The molecule has 5 nitrogen and oxygen atoms in total. The summed E-state index contributed by atoms with van der Waals surface area (Å²) < 4.78 is 33.9. The van der Waals surface area contributed by atoms with Crippen molar-refractivity contribution in [2.45, 2.75) is 11.4 Å². The first-order valence-electron chi connectivity index (χ1n) is 4.85. The zero-order chi connectivity index (χ0) is 11.8. The minimum atomic E-state index is -3.34. The van der Waals surface area contributed by atoms with E-state index in [0.717, 1.165) is 6.26 Å². The van der Waals surface area contributed by atoms with Crippen LogP contribution in [0.3, 0.4) is 0 Å². The van der Waals surface area contributed by atoms with Gasteiger partial charge in [-0.05, 0) is 17.7 Å². The largest absolute Gasteiger partial charge is 0.486 e. The summed E-state index contributed by atoms with van der Waals surface area (Å²) >= 11 is 0. The molecular formula is C10H13NO4S. The van der Waals surface area contributed by atoms with Crippen molar-refractivity contribution in [2.75, 3.05) is 19.5 Å². The molecule has 0 bridgehead atoms. The number of benzene rings is 1. The molecule has 0 radical (unpaired) electrons. The zero-order valence-corrected chi connectivity index (χ0v) is 9.71. The SMILES string of the molecule is CS(=O)(=O)c1cc(CN)cc2c1OCCO2. The summed E-state index contributed by atoms with van der Waals surface area (Å²) in [6.45, 7) is 1.04. The lowest BCUT2D eigenvalue weighted by Gasteiger charge is -2.21. The molecule has 1 heterocycles. The van der Waals surface area contributed by atoms with Crippen LogP contribution in [0.5, 0.6) is 11.5 Å². The van der Waals surface area contributed by atoms with Gasteiger partial charge in [0.2, 0.25) is 0 Å². The second-order valence-corrected chi connectivity index (χ2v) is 5.58. The van der Waals surface area contributed by atoms with E-state index in [-0.39, 0.29) is 11.4 Å². The van der Waals surface area contributed by atoms with E-state index < -0.39 is 9.84 Å². The number of nitrogens with two attached hydrogens (primary N) is 1. The van der Waals surface area contributed by atoms with Gasteiger partial charge in [-0.2, -0.15) is 0 Å². The van der Waals surface area contributed by atoms with E-state index >= 15 is 0 Å². The van der Waals surface area contributed by atoms with Crippen LogP contribution >= 0.6 is 0 Å². The fourth-order valence-corrected chi connectivity index (χ4v) is 2.43. The van der Waals surface area contributed by atoms with Gasteiger partial charge >= 0.3 is 0 Å². The number of hydrogen-bond acceptors (Lipinski definition) is 5. The molecule has 2 N–H and O–H groups in total. The third-order valence-electron chi connectivity index (χ3n) is 2.30. The predicted molar refractivity (Wildman–Crippen MR) is 58.4 cm³/mol. The molecular weight excluding hydrogens is 230 g/mol. The van der Waals surface area contributed by atoms with E-state index in [1.54, 1.807) is 6.07 Å². The van der Waals surface area contributed by atoms with Crippen LogP contribution < -0.4 is 15.2 Å². The third-order valence-corrected chi connectivity index (χ3v) is 3.41. The van der Waals surface area contributed by atoms with Crippen LogP contribution in [0.25, 0.3) is 0 Å². The highest BCUT2D eigenvalue weighted by molar-refractivity contribution is 7.90. The first-order chi connectivity index (χ1) is 7.52. The average molecular weight is 243 g/mol. The zero-order valence-electron chi connectivity index (χ0n) is 8.89. The molecule has 16 heavy (non-hydrogen) atoms. The average Bonchev–Trinajstić information content (AvgIpc) is 2.26. The highest BCUT2D eigenvalue weighted by Crippen LogP contribution is 2.37. The first-order valence-corrected chi connectivity index (χ1v) is 6.74. The third kappa shape index (κ3) is 1.98. The van der Waals surface area contributed by atoms with E-state index in [1.165, 1.54) is 6.07 Å². The molecule has 88 valence electrons. The van der Waals surface area contributed by atoms with Gasteiger partial charge in [-0.25, -0.2) is 8.42 Å². The Morgan fingerprint density at radius 3 is 2.62 bits per heavy atom. The molecule has 2 rings (SSSR count). The molecule has 0 unspecified atom stereocenters. The Morgan fingerprint density at radius 1 is 1.31 bits per heavy atom. The lowest BCUT2D eigenvalue weighted by Crippen LogP contribution is -2.18. The summed E-state index contributed by atoms with van der Waals surface area (Å²) in [7, 11) is -3.34. The molecule has 0 atom stereocenters. The lowest BCUT2D eigenvalue weighted by molar-refractivity contribution is 0.166. The molecule has 1 aromatic carbocycles. The van der Waals surface area contributed by atoms with Gasteiger partial charge in [0.15, 0.2) is 21.3 Å². The number of sulfone groups is 1. The number of rotatable bonds is 2. The smallest absolute Gasteiger partial charge is 0.179 e. The highest BCUT2D eigenvalue weighted by atomic mass is 32.2. The van der Waals surface area contributed by atoms with Gasteiger partial charge in [-0.3, -0.25) is 0 Å². The topological polar surface area (TPSA) is 78.6 Å². The Labute approximate surface area is 94.1 Å². The van der Waals surface area contributed by atoms with E-state index in [0.29, 0.717) is 30.3 Å². The van der Waals surface area contributed by atoms with Crippen molar-refractivity contribution in [3.63, 3.8) is 0 Å². The fraction of sp³-hybridized carbons (Fsp3) is 0.400. The number of fused-ring (bicyclic) bond motifs is 1. The molecule has 0 aliphatic carbocycles. The predicted octanol–water partition coefficient (Wildman–Crippen LogP) is 0.320. The Hall–Kier alpha value is -1.27. The normalized spacial score (nSPS) is 14.9. The molecule has 1 aromatic rings. The van der Waals surface area contributed by atoms with Crippen LogP contribution in [0.15, 0.2) is 17.0 Å². The Bertz CT molecular complexity index is 510. The lowest BCUT2D eigenvalue weighted by atomic mass is 10.2. The second-order valence-electron chi connectivity index (χ2n) is 3.59. The van der Waals surface area contributed by atoms with Crippen molar-refractivity contribution in [1.82, 2.24) is 0 Å². The molecule has 0 spiro atoms. The van der Waals surface area contributed by atoms with Crippen LogP contribution in [0.1, 0.15) is 5.56 Å². The van der Waals surface area contributed by atoms with Gasteiger partial charge in [0.1, 0.15) is 18.1 Å². The van der Waals surface area contributed by atoms with Crippen molar-refractivity contribution in [1.29, 1.82) is 0 Å². The molecule has 1 aliphatic heterocycles. The quantitative estimate of drug-likeness (QED) is 0.809. The van der Waals surface area contributed by atoms with Gasteiger partial charge in [0.05, 0.1) is 0 Å². The van der Waals surface area contributed by atoms with Crippen LogP contribution in [0.4, 0.5) is 0 Å². The molecule has 6 heteroatoms. The van der Waals surface area contributed by atoms with E-state index in [9.17, 15) is 8.42 Å². The Balaban J connectivity index is 2.66. The fourth-order valence-electron chi connectivity index (χ4n) is 1.57. The van der Waals surface area contributed by atoms with Gasteiger partial charge in [0.25, 0.3) is 0 Å². The molecule has 0 amide bonds. The Kier molecular flexibility index (Phi) is 2.77. The number of ether oxygens (including phenoxy) is 2. The maximum Gasteiger partial charge on any atom is 0.179 e. The van der Waals surface area contributed by atoms with Crippen molar-refractivity contribution in [3.8, 4) is 11.5 Å². The first kappa shape index (κ1) is 11.2. The van der Waals surface area contributed by atoms with Gasteiger partial charge in [-0.15, -0.1) is 0 Å². The summed E-state index contributed by atoms with van der Waals surface area (Å²) in [6, 6.07) is 3.24. The second kappa shape index (κ2) is 3.95. The molecule has 1 aliphatic rings. The summed E-state index contributed by atoms with van der Waals surface area (Å²) in [5, 5.41) is 0. The van der Waals surface area contributed by atoms with Crippen LogP contribution in [-0.4, -0.2) is 27.9 Å². The maximum atomic E-state index is 11.6. The minimum absolute atomic E-state index is 0.144. The van der Waals surface area contributed by atoms with Crippen molar-refractivity contribution < 1.29 is 17.9 Å². The van der Waals surface area contributed by atoms with Crippen LogP contribution in [0, 0.1) is 0 Å². The summed E-state index contributed by atoms with van der Waals surface area (Å²) in [5.41, 5.74) is 6.22. The maximum absolute atomic E-state index is 11.6. The van der Waals surface area contributed by atoms with Crippen LogP contribution in [-0.2, 0) is 16.4 Å². The van der Waals surface area contributed by atoms with Gasteiger partial charge in [0, 0.05) is 12.8 Å². The highest BCUT2D eigenvalue weighted by Gasteiger charge is 2.23. The molecule has 0 aromatic heterocycles. The minimum Gasteiger partial charge on any atom is -0.486 e. The number of hydrogen-bond donors (Lipinski definition) is 1.